The summed E-state index contributed by atoms with van der Waals surface area (Å²) in [5.74, 6) is 1.37. The van der Waals surface area contributed by atoms with Crippen LogP contribution in [0, 0.1) is 0 Å². The second-order valence-corrected chi connectivity index (χ2v) is 6.25. The first-order valence-corrected chi connectivity index (χ1v) is 7.97. The van der Waals surface area contributed by atoms with Crippen molar-refractivity contribution in [1.82, 2.24) is 0 Å². The van der Waals surface area contributed by atoms with E-state index in [9.17, 15) is 4.79 Å². The van der Waals surface area contributed by atoms with E-state index in [4.69, 9.17) is 4.74 Å². The van der Waals surface area contributed by atoms with Crippen molar-refractivity contribution in [2.24, 2.45) is 0 Å². The van der Waals surface area contributed by atoms with Crippen LogP contribution in [0.2, 0.25) is 0 Å². The molecule has 0 aliphatic heterocycles. The summed E-state index contributed by atoms with van der Waals surface area (Å²) in [5.41, 5.74) is 2.72. The van der Waals surface area contributed by atoms with Crippen molar-refractivity contribution < 1.29 is 9.53 Å². The fraction of sp³-hybridized carbons (Fsp3) is 0.278. The fourth-order valence-corrected chi connectivity index (χ4v) is 3.28. The molecule has 1 aliphatic carbocycles. The van der Waals surface area contributed by atoms with E-state index in [2.05, 4.69) is 22.0 Å². The maximum atomic E-state index is 12.8. The molecule has 2 aromatic carbocycles. The Hall–Kier alpha value is -1.61. The summed E-state index contributed by atoms with van der Waals surface area (Å²) in [7, 11) is 1.62. The van der Waals surface area contributed by atoms with Gasteiger partial charge in [-0.2, -0.15) is 0 Å². The predicted molar refractivity (Wildman–Crippen MR) is 87.2 cm³/mol. The molecule has 1 aliphatic rings. The van der Waals surface area contributed by atoms with Crippen molar-refractivity contribution in [3.05, 3.63) is 63.6 Å². The molecule has 0 unspecified atom stereocenters. The number of hydrogen-bond acceptors (Lipinski definition) is 2. The number of carbonyl (C=O) groups excluding carboxylic acids is 1. The predicted octanol–water partition coefficient (Wildman–Crippen LogP) is 4.96. The third kappa shape index (κ3) is 2.75. The van der Waals surface area contributed by atoms with Crippen LogP contribution >= 0.6 is 15.9 Å². The van der Waals surface area contributed by atoms with Crippen LogP contribution in [-0.4, -0.2) is 12.9 Å². The Morgan fingerprint density at radius 1 is 1.19 bits per heavy atom. The molecule has 0 amide bonds. The molecule has 21 heavy (non-hydrogen) atoms. The number of carbonyl (C=O) groups is 1. The molecule has 0 aromatic heterocycles. The van der Waals surface area contributed by atoms with Gasteiger partial charge in [0.25, 0.3) is 0 Å². The average Bonchev–Trinajstić information content (AvgIpc) is 2.45. The van der Waals surface area contributed by atoms with Gasteiger partial charge in [0.1, 0.15) is 5.75 Å². The van der Waals surface area contributed by atoms with Gasteiger partial charge in [-0.1, -0.05) is 30.7 Å². The third-order valence-electron chi connectivity index (χ3n) is 4.16. The molecular weight excluding hydrogens is 328 g/mol. The third-order valence-corrected chi connectivity index (χ3v) is 4.78. The summed E-state index contributed by atoms with van der Waals surface area (Å²) in [6.07, 6.45) is 3.65. The van der Waals surface area contributed by atoms with Crippen molar-refractivity contribution in [3.8, 4) is 5.75 Å². The fourth-order valence-electron chi connectivity index (χ4n) is 2.74. The van der Waals surface area contributed by atoms with Gasteiger partial charge < -0.3 is 4.74 Å². The highest BCUT2D eigenvalue weighted by molar-refractivity contribution is 9.10. The van der Waals surface area contributed by atoms with Gasteiger partial charge in [0, 0.05) is 11.1 Å². The summed E-state index contributed by atoms with van der Waals surface area (Å²) in [6, 6.07) is 13.5. The molecule has 2 aromatic rings. The van der Waals surface area contributed by atoms with E-state index in [0.717, 1.165) is 15.8 Å². The van der Waals surface area contributed by atoms with Gasteiger partial charge in [0.05, 0.1) is 11.6 Å². The second-order valence-electron chi connectivity index (χ2n) is 5.39. The standard InChI is InChI=1S/C18H17BrO2/c1-21-17-10-9-13(11-16(17)19)18(20)15-8-3-2-7-14(15)12-5-4-6-12/h2-3,7-12H,4-6H2,1H3. The molecule has 2 nitrogen and oxygen atoms in total. The molecule has 0 N–H and O–H groups in total. The maximum Gasteiger partial charge on any atom is 0.193 e. The highest BCUT2D eigenvalue weighted by Crippen LogP contribution is 2.38. The van der Waals surface area contributed by atoms with Gasteiger partial charge in [0.15, 0.2) is 5.78 Å². The van der Waals surface area contributed by atoms with Crippen LogP contribution in [0.15, 0.2) is 46.9 Å². The van der Waals surface area contributed by atoms with Gasteiger partial charge >= 0.3 is 0 Å². The smallest absolute Gasteiger partial charge is 0.193 e. The molecule has 0 atom stereocenters. The quantitative estimate of drug-likeness (QED) is 0.733. The Labute approximate surface area is 133 Å². The Morgan fingerprint density at radius 2 is 1.95 bits per heavy atom. The Kier molecular flexibility index (Phi) is 4.11. The number of hydrogen-bond donors (Lipinski definition) is 0. The maximum absolute atomic E-state index is 12.8. The summed E-state index contributed by atoms with van der Waals surface area (Å²) in [5, 5.41) is 0. The second kappa shape index (κ2) is 6.02. The van der Waals surface area contributed by atoms with Crippen molar-refractivity contribution >= 4 is 21.7 Å². The van der Waals surface area contributed by atoms with E-state index in [1.165, 1.54) is 24.8 Å². The number of ether oxygens (including phenoxy) is 1. The first kappa shape index (κ1) is 14.3. The normalized spacial score (nSPS) is 14.6. The van der Waals surface area contributed by atoms with Crippen molar-refractivity contribution in [3.63, 3.8) is 0 Å². The zero-order valence-corrected chi connectivity index (χ0v) is 13.5. The molecule has 0 bridgehead atoms. The summed E-state index contributed by atoms with van der Waals surface area (Å²) < 4.78 is 6.02. The van der Waals surface area contributed by atoms with Gasteiger partial charge in [-0.15, -0.1) is 0 Å². The van der Waals surface area contributed by atoms with Crippen molar-refractivity contribution in [2.45, 2.75) is 25.2 Å². The number of ketones is 1. The molecule has 0 spiro atoms. The first-order chi connectivity index (χ1) is 10.2. The Morgan fingerprint density at radius 3 is 2.57 bits per heavy atom. The van der Waals surface area contributed by atoms with Crippen LogP contribution in [0.25, 0.3) is 0 Å². The molecule has 0 heterocycles. The Bertz CT molecular complexity index is 675. The van der Waals surface area contributed by atoms with Crippen LogP contribution in [0.3, 0.4) is 0 Å². The van der Waals surface area contributed by atoms with E-state index in [-0.39, 0.29) is 5.78 Å². The van der Waals surface area contributed by atoms with E-state index in [1.807, 2.05) is 36.4 Å². The monoisotopic (exact) mass is 344 g/mol. The summed E-state index contributed by atoms with van der Waals surface area (Å²) in [6.45, 7) is 0. The van der Waals surface area contributed by atoms with E-state index in [0.29, 0.717) is 11.5 Å². The van der Waals surface area contributed by atoms with Crippen LogP contribution in [-0.2, 0) is 0 Å². The van der Waals surface area contributed by atoms with Crippen LogP contribution in [0.1, 0.15) is 46.7 Å². The average molecular weight is 345 g/mol. The van der Waals surface area contributed by atoms with Gasteiger partial charge in [-0.3, -0.25) is 4.79 Å². The first-order valence-electron chi connectivity index (χ1n) is 7.18. The minimum absolute atomic E-state index is 0.0841. The van der Waals surface area contributed by atoms with Gasteiger partial charge in [-0.25, -0.2) is 0 Å². The van der Waals surface area contributed by atoms with Gasteiger partial charge in [-0.05, 0) is 58.5 Å². The van der Waals surface area contributed by atoms with Crippen molar-refractivity contribution in [2.75, 3.05) is 7.11 Å². The minimum Gasteiger partial charge on any atom is -0.496 e. The molecule has 0 saturated heterocycles. The van der Waals surface area contributed by atoms with E-state index in [1.54, 1.807) is 7.11 Å². The lowest BCUT2D eigenvalue weighted by molar-refractivity contribution is 0.103. The van der Waals surface area contributed by atoms with Crippen molar-refractivity contribution in [1.29, 1.82) is 0 Å². The molecular formula is C18H17BrO2. The molecule has 108 valence electrons. The van der Waals surface area contributed by atoms with E-state index >= 15 is 0 Å². The highest BCUT2D eigenvalue weighted by atomic mass is 79.9. The molecule has 3 heteroatoms. The number of methoxy groups -OCH3 is 1. The summed E-state index contributed by atoms with van der Waals surface area (Å²) >= 11 is 3.44. The number of rotatable bonds is 4. The summed E-state index contributed by atoms with van der Waals surface area (Å²) in [4.78, 5) is 12.8. The zero-order valence-electron chi connectivity index (χ0n) is 11.9. The largest absolute Gasteiger partial charge is 0.496 e. The lowest BCUT2D eigenvalue weighted by Gasteiger charge is -2.27. The molecule has 3 rings (SSSR count). The number of benzene rings is 2. The molecule has 1 saturated carbocycles. The topological polar surface area (TPSA) is 26.3 Å². The molecule has 1 fully saturated rings. The lowest BCUT2D eigenvalue weighted by atomic mass is 9.77. The number of halogens is 1. The zero-order chi connectivity index (χ0) is 14.8. The lowest BCUT2D eigenvalue weighted by Crippen LogP contribution is -2.14. The van der Waals surface area contributed by atoms with Crippen LogP contribution in [0.4, 0.5) is 0 Å². The Balaban J connectivity index is 1.97. The van der Waals surface area contributed by atoms with Crippen LogP contribution in [0.5, 0.6) is 5.75 Å². The SMILES string of the molecule is COc1ccc(C(=O)c2ccccc2C2CCC2)cc1Br. The van der Waals surface area contributed by atoms with E-state index < -0.39 is 0 Å². The van der Waals surface area contributed by atoms with Crippen LogP contribution < -0.4 is 4.74 Å². The molecule has 0 radical (unpaired) electrons. The minimum atomic E-state index is 0.0841. The highest BCUT2D eigenvalue weighted by Gasteiger charge is 2.24. The van der Waals surface area contributed by atoms with Gasteiger partial charge in [0.2, 0.25) is 0 Å².